The van der Waals surface area contributed by atoms with Gasteiger partial charge in [0.2, 0.25) is 0 Å². The average Bonchev–Trinajstić information content (AvgIpc) is 2.50. The van der Waals surface area contributed by atoms with Gasteiger partial charge in [-0.1, -0.05) is 12.1 Å². The highest BCUT2D eigenvalue weighted by Gasteiger charge is 2.24. The van der Waals surface area contributed by atoms with Crippen LogP contribution in [0.5, 0.6) is 5.75 Å². The number of carbonyl (C=O) groups excluding carboxylic acids is 1. The Morgan fingerprint density at radius 2 is 1.87 bits per heavy atom. The fourth-order valence-electron chi connectivity index (χ4n) is 3.01. The van der Waals surface area contributed by atoms with Crippen LogP contribution >= 0.6 is 0 Å². The molecule has 1 saturated heterocycles. The highest BCUT2D eigenvalue weighted by Crippen LogP contribution is 2.18. The predicted molar refractivity (Wildman–Crippen MR) is 88.3 cm³/mol. The Labute approximate surface area is 138 Å². The lowest BCUT2D eigenvalue weighted by Crippen LogP contribution is -3.15. The molecule has 1 aromatic rings. The maximum absolute atomic E-state index is 11.5. The maximum Gasteiger partial charge on any atom is 0.163 e. The van der Waals surface area contributed by atoms with Crippen LogP contribution in [0.2, 0.25) is 0 Å². The zero-order valence-electron chi connectivity index (χ0n) is 14.3. The number of nitrogens with one attached hydrogen (secondary N) is 1. The largest absolute Gasteiger partial charge is 0.490 e. The molecule has 0 aliphatic carbocycles. The summed E-state index contributed by atoms with van der Waals surface area (Å²) >= 11 is 0. The van der Waals surface area contributed by atoms with E-state index in [1.807, 2.05) is 18.2 Å². The van der Waals surface area contributed by atoms with Crippen molar-refractivity contribution in [3.63, 3.8) is 0 Å². The van der Waals surface area contributed by atoms with Gasteiger partial charge in [0.1, 0.15) is 44.2 Å². The Balaban J connectivity index is 1.62. The maximum atomic E-state index is 11.5. The molecule has 0 amide bonds. The van der Waals surface area contributed by atoms with Gasteiger partial charge in [-0.2, -0.15) is 0 Å². The highest BCUT2D eigenvalue weighted by atomic mass is 16.5. The molecular weight excluding hydrogens is 294 g/mol. The summed E-state index contributed by atoms with van der Waals surface area (Å²) in [5.74, 6) is 0.644. The molecule has 1 heterocycles. The monoisotopic (exact) mass is 322 g/mol. The summed E-state index contributed by atoms with van der Waals surface area (Å²) in [5.41, 5.74) is 0.619. The lowest BCUT2D eigenvalue weighted by Gasteiger charge is -2.32. The number of morpholine rings is 1. The fourth-order valence-corrected chi connectivity index (χ4v) is 3.01. The number of quaternary nitrogens is 1. The van der Waals surface area contributed by atoms with Crippen LogP contribution in [0.3, 0.4) is 0 Å². The summed E-state index contributed by atoms with van der Waals surface area (Å²) in [5, 5.41) is 0. The van der Waals surface area contributed by atoms with Gasteiger partial charge in [-0.05, 0) is 32.9 Å². The normalized spacial score (nSPS) is 24.4. The molecule has 5 heteroatoms. The number of ketones is 1. The van der Waals surface area contributed by atoms with Crippen molar-refractivity contribution in [2.75, 3.05) is 39.5 Å². The summed E-state index contributed by atoms with van der Waals surface area (Å²) in [6.45, 7) is 10.6. The Hall–Kier alpha value is -1.43. The molecule has 1 unspecified atom stereocenters. The number of para-hydroxylation sites is 1. The molecule has 2 rings (SSSR count). The molecule has 0 bridgehead atoms. The first kappa shape index (κ1) is 17.9. The van der Waals surface area contributed by atoms with Crippen LogP contribution in [0, 0.1) is 0 Å². The van der Waals surface area contributed by atoms with Gasteiger partial charge in [0.15, 0.2) is 5.78 Å². The van der Waals surface area contributed by atoms with Gasteiger partial charge in [0.25, 0.3) is 0 Å². The average molecular weight is 322 g/mol. The minimum Gasteiger partial charge on any atom is -0.490 e. The second-order valence-corrected chi connectivity index (χ2v) is 6.18. The van der Waals surface area contributed by atoms with Gasteiger partial charge >= 0.3 is 0 Å². The second kappa shape index (κ2) is 9.01. The fraction of sp³-hybridized carbons (Fsp3) is 0.611. The molecule has 1 fully saturated rings. The SMILES string of the molecule is CC(=O)c1ccccc1OCCOCC[NH+]1C[C@@H](C)O[C@@H](C)C1. The number of benzene rings is 1. The minimum absolute atomic E-state index is 0.0145. The first-order valence-corrected chi connectivity index (χ1v) is 8.35. The first-order chi connectivity index (χ1) is 11.1. The van der Waals surface area contributed by atoms with E-state index in [1.54, 1.807) is 13.0 Å². The molecule has 1 aliphatic rings. The Morgan fingerprint density at radius 1 is 1.17 bits per heavy atom. The molecule has 1 N–H and O–H groups in total. The van der Waals surface area contributed by atoms with Gasteiger partial charge < -0.3 is 19.1 Å². The molecule has 0 radical (unpaired) electrons. The van der Waals surface area contributed by atoms with Crippen molar-refractivity contribution >= 4 is 5.78 Å². The first-order valence-electron chi connectivity index (χ1n) is 8.35. The van der Waals surface area contributed by atoms with E-state index in [9.17, 15) is 4.79 Å². The molecule has 3 atom stereocenters. The number of carbonyl (C=O) groups is 1. The van der Waals surface area contributed by atoms with Crippen LogP contribution in [-0.4, -0.2) is 57.4 Å². The third-order valence-corrected chi connectivity index (χ3v) is 3.97. The third-order valence-electron chi connectivity index (χ3n) is 3.97. The zero-order chi connectivity index (χ0) is 16.7. The van der Waals surface area contributed by atoms with Crippen molar-refractivity contribution in [3.05, 3.63) is 29.8 Å². The van der Waals surface area contributed by atoms with E-state index >= 15 is 0 Å². The lowest BCUT2D eigenvalue weighted by atomic mass is 10.1. The lowest BCUT2D eigenvalue weighted by molar-refractivity contribution is -0.915. The van der Waals surface area contributed by atoms with Crippen molar-refractivity contribution in [2.45, 2.75) is 33.0 Å². The highest BCUT2D eigenvalue weighted by molar-refractivity contribution is 5.96. The Bertz CT molecular complexity index is 496. The van der Waals surface area contributed by atoms with Crippen molar-refractivity contribution < 1.29 is 23.9 Å². The second-order valence-electron chi connectivity index (χ2n) is 6.18. The molecule has 0 saturated carbocycles. The van der Waals surface area contributed by atoms with E-state index < -0.39 is 0 Å². The number of rotatable bonds is 8. The van der Waals surface area contributed by atoms with Crippen molar-refractivity contribution in [1.29, 1.82) is 0 Å². The van der Waals surface area contributed by atoms with Gasteiger partial charge in [-0.3, -0.25) is 4.79 Å². The van der Waals surface area contributed by atoms with Crippen molar-refractivity contribution in [2.24, 2.45) is 0 Å². The van der Waals surface area contributed by atoms with Gasteiger partial charge in [-0.15, -0.1) is 0 Å². The van der Waals surface area contributed by atoms with Crippen LogP contribution in [0.25, 0.3) is 0 Å². The number of hydrogen-bond acceptors (Lipinski definition) is 4. The van der Waals surface area contributed by atoms with Gasteiger partial charge in [-0.25, -0.2) is 0 Å². The molecule has 128 valence electrons. The minimum atomic E-state index is 0.0145. The summed E-state index contributed by atoms with van der Waals surface area (Å²) < 4.78 is 17.0. The van der Waals surface area contributed by atoms with Crippen LogP contribution in [0.4, 0.5) is 0 Å². The summed E-state index contributed by atoms with van der Waals surface area (Å²) in [4.78, 5) is 13.0. The van der Waals surface area contributed by atoms with Crippen molar-refractivity contribution in [3.8, 4) is 5.75 Å². The number of hydrogen-bond donors (Lipinski definition) is 1. The van der Waals surface area contributed by atoms with Crippen LogP contribution in [0.15, 0.2) is 24.3 Å². The van der Waals surface area contributed by atoms with Crippen LogP contribution in [-0.2, 0) is 9.47 Å². The molecule has 0 aromatic heterocycles. The smallest absolute Gasteiger partial charge is 0.163 e. The van der Waals surface area contributed by atoms with E-state index in [0.29, 0.717) is 43.3 Å². The molecule has 5 nitrogen and oxygen atoms in total. The quantitative estimate of drug-likeness (QED) is 0.572. The van der Waals surface area contributed by atoms with E-state index in [0.717, 1.165) is 19.6 Å². The molecule has 1 aromatic carbocycles. The number of Topliss-reactive ketones (excluding diaryl/α,β-unsaturated/α-hetero) is 1. The summed E-state index contributed by atoms with van der Waals surface area (Å²) in [6, 6.07) is 7.31. The topological polar surface area (TPSA) is 49.2 Å². The standard InChI is InChI=1S/C18H27NO4/c1-14-12-19(13-15(2)23-14)8-9-21-10-11-22-18-7-5-4-6-17(18)16(3)20/h4-7,14-15H,8-13H2,1-3H3/p+1/t14-,15+. The van der Waals surface area contributed by atoms with Gasteiger partial charge in [0.05, 0.1) is 18.8 Å². The molecule has 1 aliphatic heterocycles. The van der Waals surface area contributed by atoms with E-state index in [-0.39, 0.29) is 5.78 Å². The van der Waals surface area contributed by atoms with Gasteiger partial charge in [0, 0.05) is 0 Å². The Morgan fingerprint density at radius 3 is 2.57 bits per heavy atom. The number of ether oxygens (including phenoxy) is 3. The predicted octanol–water partition coefficient (Wildman–Crippen LogP) is 0.977. The summed E-state index contributed by atoms with van der Waals surface area (Å²) in [7, 11) is 0. The van der Waals surface area contributed by atoms with Crippen LogP contribution < -0.4 is 9.64 Å². The molecule has 0 spiro atoms. The summed E-state index contributed by atoms with van der Waals surface area (Å²) in [6.07, 6.45) is 0.639. The van der Waals surface area contributed by atoms with E-state index in [1.165, 1.54) is 4.90 Å². The third kappa shape index (κ3) is 5.94. The molecular formula is C18H28NO4+. The van der Waals surface area contributed by atoms with Crippen LogP contribution in [0.1, 0.15) is 31.1 Å². The zero-order valence-corrected chi connectivity index (χ0v) is 14.3. The van der Waals surface area contributed by atoms with E-state index in [4.69, 9.17) is 14.2 Å². The molecule has 23 heavy (non-hydrogen) atoms. The van der Waals surface area contributed by atoms with Crippen molar-refractivity contribution in [1.82, 2.24) is 0 Å². The van der Waals surface area contributed by atoms with E-state index in [2.05, 4.69) is 13.8 Å². The Kier molecular flexibility index (Phi) is 7.02.